The van der Waals surface area contributed by atoms with Gasteiger partial charge in [-0.25, -0.2) is 0 Å². The van der Waals surface area contributed by atoms with Gasteiger partial charge in [0.15, 0.2) is 0 Å². The van der Waals surface area contributed by atoms with Gasteiger partial charge >= 0.3 is 5.97 Å². The summed E-state index contributed by atoms with van der Waals surface area (Å²) in [5.74, 6) is 0.380. The van der Waals surface area contributed by atoms with E-state index in [2.05, 4.69) is 53.8 Å². The van der Waals surface area contributed by atoms with Crippen LogP contribution in [0, 0.1) is 11.3 Å². The first-order chi connectivity index (χ1) is 11.3. The second kappa shape index (κ2) is 5.50. The molecule has 118 valence electrons. The molecule has 2 aromatic rings. The molecule has 3 heteroatoms. The Labute approximate surface area is 136 Å². The minimum Gasteiger partial charge on any atom is -0.469 e. The maximum Gasteiger partial charge on any atom is 0.313 e. The maximum absolute atomic E-state index is 12.7. The van der Waals surface area contributed by atoms with Crippen LogP contribution in [0.4, 0.5) is 0 Å². The van der Waals surface area contributed by atoms with Crippen molar-refractivity contribution in [2.24, 2.45) is 11.3 Å². The average Bonchev–Trinajstić information content (AvgIpc) is 3.04. The van der Waals surface area contributed by atoms with Crippen molar-refractivity contribution in [2.75, 3.05) is 20.2 Å². The fraction of sp³-hybridized carbons (Fsp3) is 0.350. The number of esters is 1. The maximum atomic E-state index is 12.7. The number of rotatable bonds is 2. The molecule has 2 aliphatic rings. The van der Waals surface area contributed by atoms with Crippen molar-refractivity contribution in [3.63, 3.8) is 0 Å². The molecule has 4 rings (SSSR count). The highest BCUT2D eigenvalue weighted by Gasteiger charge is 2.56. The Morgan fingerprint density at radius 2 is 1.87 bits per heavy atom. The van der Waals surface area contributed by atoms with Gasteiger partial charge in [0.05, 0.1) is 12.5 Å². The van der Waals surface area contributed by atoms with E-state index in [1.807, 2.05) is 6.07 Å². The van der Waals surface area contributed by atoms with Gasteiger partial charge in [-0.3, -0.25) is 4.79 Å². The summed E-state index contributed by atoms with van der Waals surface area (Å²) in [5.41, 5.74) is 3.45. The highest BCUT2D eigenvalue weighted by molar-refractivity contribution is 5.79. The van der Waals surface area contributed by atoms with Gasteiger partial charge in [0.25, 0.3) is 0 Å². The summed E-state index contributed by atoms with van der Waals surface area (Å²) in [4.78, 5) is 12.7. The molecule has 1 aliphatic heterocycles. The lowest BCUT2D eigenvalue weighted by Crippen LogP contribution is -2.47. The Balaban J connectivity index is 1.91. The molecule has 0 amide bonds. The van der Waals surface area contributed by atoms with Crippen LogP contribution in [0.2, 0.25) is 0 Å². The third-order valence-electron chi connectivity index (χ3n) is 5.56. The smallest absolute Gasteiger partial charge is 0.313 e. The first-order valence-corrected chi connectivity index (χ1v) is 8.18. The van der Waals surface area contributed by atoms with Crippen LogP contribution in [0.25, 0.3) is 0 Å². The Kier molecular flexibility index (Phi) is 3.46. The van der Waals surface area contributed by atoms with E-state index in [4.69, 9.17) is 4.74 Å². The van der Waals surface area contributed by atoms with Crippen molar-refractivity contribution in [3.8, 4) is 0 Å². The summed E-state index contributed by atoms with van der Waals surface area (Å²) in [5, 5.41) is 3.45. The minimum atomic E-state index is -0.455. The summed E-state index contributed by atoms with van der Waals surface area (Å²) in [7, 11) is 1.50. The highest BCUT2D eigenvalue weighted by Crippen LogP contribution is 2.52. The topological polar surface area (TPSA) is 38.3 Å². The SMILES string of the molecule is COC(=O)C12CNCC1C(c1ccccc1)c1ccccc1C2. The number of carbonyl (C=O) groups excluding carboxylic acids is 1. The van der Waals surface area contributed by atoms with Crippen LogP contribution in [-0.4, -0.2) is 26.2 Å². The van der Waals surface area contributed by atoms with Gasteiger partial charge in [-0.05, 0) is 29.0 Å². The van der Waals surface area contributed by atoms with Crippen molar-refractivity contribution in [3.05, 3.63) is 71.3 Å². The normalized spacial score (nSPS) is 28.7. The standard InChI is InChI=1S/C20H21NO2/c1-23-19(22)20-11-15-9-5-6-10-16(15)18(17(20)12-21-13-20)14-7-3-2-4-8-14/h2-10,17-18,21H,11-13H2,1H3. The molecule has 0 spiro atoms. The van der Waals surface area contributed by atoms with Crippen LogP contribution < -0.4 is 5.32 Å². The van der Waals surface area contributed by atoms with E-state index < -0.39 is 5.41 Å². The summed E-state index contributed by atoms with van der Waals surface area (Å²) < 4.78 is 5.21. The number of methoxy groups -OCH3 is 1. The molecule has 23 heavy (non-hydrogen) atoms. The Morgan fingerprint density at radius 1 is 1.13 bits per heavy atom. The number of ether oxygens (including phenoxy) is 1. The van der Waals surface area contributed by atoms with Crippen molar-refractivity contribution in [1.82, 2.24) is 5.32 Å². The van der Waals surface area contributed by atoms with Crippen LogP contribution in [0.15, 0.2) is 54.6 Å². The Hall–Kier alpha value is -2.13. The van der Waals surface area contributed by atoms with Gasteiger partial charge in [-0.15, -0.1) is 0 Å². The van der Waals surface area contributed by atoms with E-state index in [1.165, 1.54) is 23.8 Å². The molecule has 0 saturated carbocycles. The Morgan fingerprint density at radius 3 is 2.65 bits per heavy atom. The predicted molar refractivity (Wildman–Crippen MR) is 89.2 cm³/mol. The van der Waals surface area contributed by atoms with Crippen LogP contribution in [0.3, 0.4) is 0 Å². The molecule has 1 fully saturated rings. The second-order valence-corrected chi connectivity index (χ2v) is 6.65. The zero-order valence-corrected chi connectivity index (χ0v) is 13.3. The highest BCUT2D eigenvalue weighted by atomic mass is 16.5. The van der Waals surface area contributed by atoms with E-state index >= 15 is 0 Å². The van der Waals surface area contributed by atoms with E-state index in [0.717, 1.165) is 13.0 Å². The predicted octanol–water partition coefficient (Wildman–Crippen LogP) is 2.75. The lowest BCUT2D eigenvalue weighted by Gasteiger charge is -2.42. The fourth-order valence-corrected chi connectivity index (χ4v) is 4.53. The summed E-state index contributed by atoms with van der Waals surface area (Å²) >= 11 is 0. The number of fused-ring (bicyclic) bond motifs is 2. The minimum absolute atomic E-state index is 0.0806. The first kappa shape index (κ1) is 14.5. The van der Waals surface area contributed by atoms with Gasteiger partial charge in [-0.1, -0.05) is 54.6 Å². The van der Waals surface area contributed by atoms with Crippen molar-refractivity contribution in [2.45, 2.75) is 12.3 Å². The Bertz CT molecular complexity index is 727. The van der Waals surface area contributed by atoms with E-state index in [-0.39, 0.29) is 17.8 Å². The van der Waals surface area contributed by atoms with Crippen molar-refractivity contribution in [1.29, 1.82) is 0 Å². The number of hydrogen-bond acceptors (Lipinski definition) is 3. The van der Waals surface area contributed by atoms with Gasteiger partial charge in [0.2, 0.25) is 0 Å². The summed E-state index contributed by atoms with van der Waals surface area (Å²) in [6, 6.07) is 19.1. The molecule has 3 atom stereocenters. The lowest BCUT2D eigenvalue weighted by molar-refractivity contribution is -0.154. The lowest BCUT2D eigenvalue weighted by atomic mass is 9.59. The molecular formula is C20H21NO2. The average molecular weight is 307 g/mol. The number of hydrogen-bond donors (Lipinski definition) is 1. The molecule has 0 radical (unpaired) electrons. The molecule has 3 unspecified atom stereocenters. The molecule has 0 bridgehead atoms. The van der Waals surface area contributed by atoms with E-state index in [0.29, 0.717) is 6.54 Å². The zero-order valence-electron chi connectivity index (χ0n) is 13.3. The quantitative estimate of drug-likeness (QED) is 0.867. The van der Waals surface area contributed by atoms with Gasteiger partial charge in [-0.2, -0.15) is 0 Å². The molecule has 1 saturated heterocycles. The van der Waals surface area contributed by atoms with E-state index in [9.17, 15) is 4.79 Å². The largest absolute Gasteiger partial charge is 0.469 e. The van der Waals surface area contributed by atoms with Crippen molar-refractivity contribution >= 4 is 5.97 Å². The molecule has 1 aliphatic carbocycles. The van der Waals surface area contributed by atoms with Crippen LogP contribution in [-0.2, 0) is 16.0 Å². The van der Waals surface area contributed by atoms with Gasteiger partial charge in [0, 0.05) is 19.0 Å². The number of carbonyl (C=O) groups is 1. The molecule has 3 nitrogen and oxygen atoms in total. The fourth-order valence-electron chi connectivity index (χ4n) is 4.53. The zero-order chi connectivity index (χ0) is 15.9. The molecule has 0 aromatic heterocycles. The third kappa shape index (κ3) is 2.11. The van der Waals surface area contributed by atoms with Crippen LogP contribution in [0.5, 0.6) is 0 Å². The first-order valence-electron chi connectivity index (χ1n) is 8.18. The molecule has 1 heterocycles. The van der Waals surface area contributed by atoms with Crippen LogP contribution in [0.1, 0.15) is 22.6 Å². The summed E-state index contributed by atoms with van der Waals surface area (Å²) in [6.07, 6.45) is 0.761. The number of nitrogens with one attached hydrogen (secondary N) is 1. The van der Waals surface area contributed by atoms with Gasteiger partial charge in [0.1, 0.15) is 0 Å². The molecule has 1 N–H and O–H groups in total. The molecular weight excluding hydrogens is 286 g/mol. The van der Waals surface area contributed by atoms with E-state index in [1.54, 1.807) is 0 Å². The third-order valence-corrected chi connectivity index (χ3v) is 5.56. The monoisotopic (exact) mass is 307 g/mol. The summed E-state index contributed by atoms with van der Waals surface area (Å²) in [6.45, 7) is 1.55. The van der Waals surface area contributed by atoms with Crippen LogP contribution >= 0.6 is 0 Å². The second-order valence-electron chi connectivity index (χ2n) is 6.65. The molecule has 2 aromatic carbocycles. The number of benzene rings is 2. The van der Waals surface area contributed by atoms with Gasteiger partial charge < -0.3 is 10.1 Å². The van der Waals surface area contributed by atoms with Crippen molar-refractivity contribution < 1.29 is 9.53 Å².